The molecule has 0 saturated heterocycles. The molecule has 1 aliphatic rings. The molecule has 78 valence electrons. The third kappa shape index (κ3) is 4.15. The maximum atomic E-state index is 2.50. The molecule has 1 rings (SSSR count). The third-order valence-electron chi connectivity index (χ3n) is 3.54. The molecule has 0 spiro atoms. The van der Waals surface area contributed by atoms with E-state index < -0.39 is 0 Å². The van der Waals surface area contributed by atoms with Crippen LogP contribution in [-0.2, 0) is 0 Å². The summed E-state index contributed by atoms with van der Waals surface area (Å²) in [4.78, 5) is 0. The van der Waals surface area contributed by atoms with Gasteiger partial charge in [-0.05, 0) is 36.5 Å². The quantitative estimate of drug-likeness (QED) is 0.576. The average molecular weight is 182 g/mol. The lowest BCUT2D eigenvalue weighted by molar-refractivity contribution is 0.168. The molecule has 0 atom stereocenters. The number of hydrogen-bond acceptors (Lipinski definition) is 0. The molecule has 0 heterocycles. The minimum absolute atomic E-state index is 0.528. The second-order valence-corrected chi connectivity index (χ2v) is 6.43. The maximum absolute atomic E-state index is 2.50. The Morgan fingerprint density at radius 3 is 2.00 bits per heavy atom. The Hall–Kier alpha value is 0. The largest absolute Gasteiger partial charge is 0.0602 e. The van der Waals surface area contributed by atoms with Crippen LogP contribution in [-0.4, -0.2) is 0 Å². The summed E-state index contributed by atoms with van der Waals surface area (Å²) in [6.07, 6.45) is 10.2. The first-order valence-electron chi connectivity index (χ1n) is 5.91. The first-order valence-corrected chi connectivity index (χ1v) is 5.91. The van der Waals surface area contributed by atoms with E-state index in [1.165, 1.54) is 44.9 Å². The van der Waals surface area contributed by atoms with Crippen molar-refractivity contribution < 1.29 is 0 Å². The van der Waals surface area contributed by atoms with Crippen LogP contribution in [0.5, 0.6) is 0 Å². The second kappa shape index (κ2) is 4.02. The van der Waals surface area contributed by atoms with Gasteiger partial charge in [-0.2, -0.15) is 0 Å². The van der Waals surface area contributed by atoms with Crippen LogP contribution in [0.1, 0.15) is 72.6 Å². The van der Waals surface area contributed by atoms with Crippen LogP contribution in [0.2, 0.25) is 0 Å². The molecule has 0 aromatic rings. The fourth-order valence-electron chi connectivity index (χ4n) is 2.33. The normalized spacial score (nSPS) is 23.1. The highest BCUT2D eigenvalue weighted by atomic mass is 14.3. The third-order valence-corrected chi connectivity index (χ3v) is 3.54. The van der Waals surface area contributed by atoms with E-state index in [2.05, 4.69) is 27.7 Å². The molecule has 0 nitrogen and oxygen atoms in total. The predicted octanol–water partition coefficient (Wildman–Crippen LogP) is 4.78. The van der Waals surface area contributed by atoms with Gasteiger partial charge in [-0.3, -0.25) is 0 Å². The molecule has 0 radical (unpaired) electrons. The van der Waals surface area contributed by atoms with Gasteiger partial charge in [-0.15, -0.1) is 0 Å². The predicted molar refractivity (Wildman–Crippen MR) is 59.9 cm³/mol. The van der Waals surface area contributed by atoms with Crippen molar-refractivity contribution in [3.63, 3.8) is 0 Å². The van der Waals surface area contributed by atoms with Gasteiger partial charge in [0.1, 0.15) is 0 Å². The molecule has 1 aliphatic carbocycles. The van der Waals surface area contributed by atoms with Crippen LogP contribution in [0.4, 0.5) is 0 Å². The summed E-state index contributed by atoms with van der Waals surface area (Å²) in [6, 6.07) is 0. The monoisotopic (exact) mass is 182 g/mol. The lowest BCUT2D eigenvalue weighted by Gasteiger charge is -2.35. The van der Waals surface area contributed by atoms with E-state index in [1.54, 1.807) is 0 Å². The molecule has 0 N–H and O–H groups in total. The highest BCUT2D eigenvalue weighted by Crippen LogP contribution is 2.41. The van der Waals surface area contributed by atoms with Crippen molar-refractivity contribution in [1.82, 2.24) is 0 Å². The molecule has 0 aliphatic heterocycles. The maximum Gasteiger partial charge on any atom is -0.0326 e. The van der Waals surface area contributed by atoms with Gasteiger partial charge in [0.15, 0.2) is 0 Å². The SMILES string of the molecule is CC(C)(C)CCC1(C)CCCCC1. The van der Waals surface area contributed by atoms with Crippen LogP contribution in [0.3, 0.4) is 0 Å². The Kier molecular flexibility index (Phi) is 3.43. The van der Waals surface area contributed by atoms with Crippen LogP contribution < -0.4 is 0 Å². The van der Waals surface area contributed by atoms with Crippen molar-refractivity contribution in [1.29, 1.82) is 0 Å². The Balaban J connectivity index is 2.33. The Morgan fingerprint density at radius 2 is 1.54 bits per heavy atom. The molecule has 0 heteroatoms. The van der Waals surface area contributed by atoms with Crippen LogP contribution in [0.25, 0.3) is 0 Å². The van der Waals surface area contributed by atoms with Crippen molar-refractivity contribution in [2.24, 2.45) is 10.8 Å². The fraction of sp³-hybridized carbons (Fsp3) is 1.00. The van der Waals surface area contributed by atoms with Gasteiger partial charge in [0.25, 0.3) is 0 Å². The Morgan fingerprint density at radius 1 is 1.00 bits per heavy atom. The van der Waals surface area contributed by atoms with Gasteiger partial charge in [-0.1, -0.05) is 47.0 Å². The standard InChI is InChI=1S/C13H26/c1-12(2,3)10-11-13(4)8-6-5-7-9-13/h5-11H2,1-4H3. The topological polar surface area (TPSA) is 0 Å². The number of hydrogen-bond donors (Lipinski definition) is 0. The zero-order valence-corrected chi connectivity index (χ0v) is 9.95. The fourth-order valence-corrected chi connectivity index (χ4v) is 2.33. The summed E-state index contributed by atoms with van der Waals surface area (Å²) in [5.41, 5.74) is 1.21. The smallest absolute Gasteiger partial charge is 0.0326 e. The van der Waals surface area contributed by atoms with Gasteiger partial charge in [0.05, 0.1) is 0 Å². The second-order valence-electron chi connectivity index (χ2n) is 6.43. The Labute approximate surface area is 84.1 Å². The van der Waals surface area contributed by atoms with Crippen molar-refractivity contribution in [2.75, 3.05) is 0 Å². The van der Waals surface area contributed by atoms with Crippen molar-refractivity contribution >= 4 is 0 Å². The molecular weight excluding hydrogens is 156 g/mol. The summed E-state index contributed by atoms with van der Waals surface area (Å²) in [5, 5.41) is 0. The van der Waals surface area contributed by atoms with Gasteiger partial charge in [0, 0.05) is 0 Å². The summed E-state index contributed by atoms with van der Waals surface area (Å²) in [5.74, 6) is 0. The lowest BCUT2D eigenvalue weighted by atomic mass is 9.70. The summed E-state index contributed by atoms with van der Waals surface area (Å²) >= 11 is 0. The van der Waals surface area contributed by atoms with E-state index in [-0.39, 0.29) is 0 Å². The Bertz CT molecular complexity index is 144. The highest BCUT2D eigenvalue weighted by Gasteiger charge is 2.27. The molecule has 0 aromatic heterocycles. The molecule has 13 heavy (non-hydrogen) atoms. The van der Waals surface area contributed by atoms with E-state index in [9.17, 15) is 0 Å². The summed E-state index contributed by atoms with van der Waals surface area (Å²) < 4.78 is 0. The molecule has 0 unspecified atom stereocenters. The summed E-state index contributed by atoms with van der Waals surface area (Å²) in [7, 11) is 0. The summed E-state index contributed by atoms with van der Waals surface area (Å²) in [6.45, 7) is 9.58. The van der Waals surface area contributed by atoms with E-state index in [0.29, 0.717) is 10.8 Å². The minimum atomic E-state index is 0.528. The first kappa shape index (κ1) is 11.1. The molecule has 1 saturated carbocycles. The van der Waals surface area contributed by atoms with Crippen molar-refractivity contribution in [3.05, 3.63) is 0 Å². The van der Waals surface area contributed by atoms with E-state index in [1.807, 2.05) is 0 Å². The van der Waals surface area contributed by atoms with Gasteiger partial charge >= 0.3 is 0 Å². The van der Waals surface area contributed by atoms with Gasteiger partial charge in [0.2, 0.25) is 0 Å². The van der Waals surface area contributed by atoms with E-state index >= 15 is 0 Å². The average Bonchev–Trinajstić information content (AvgIpc) is 2.02. The molecule has 0 amide bonds. The molecule has 0 aromatic carbocycles. The molecule has 0 bridgehead atoms. The highest BCUT2D eigenvalue weighted by molar-refractivity contribution is 4.80. The van der Waals surface area contributed by atoms with Crippen molar-refractivity contribution in [2.45, 2.75) is 72.6 Å². The zero-order valence-electron chi connectivity index (χ0n) is 9.95. The van der Waals surface area contributed by atoms with E-state index in [0.717, 1.165) is 0 Å². The van der Waals surface area contributed by atoms with Crippen LogP contribution in [0, 0.1) is 10.8 Å². The molecule has 1 fully saturated rings. The van der Waals surface area contributed by atoms with Crippen LogP contribution in [0.15, 0.2) is 0 Å². The van der Waals surface area contributed by atoms with Crippen molar-refractivity contribution in [3.8, 4) is 0 Å². The first-order chi connectivity index (χ1) is 5.91. The lowest BCUT2D eigenvalue weighted by Crippen LogP contribution is -2.22. The minimum Gasteiger partial charge on any atom is -0.0602 e. The van der Waals surface area contributed by atoms with Gasteiger partial charge < -0.3 is 0 Å². The van der Waals surface area contributed by atoms with E-state index in [4.69, 9.17) is 0 Å². The zero-order chi connectivity index (χ0) is 9.95. The van der Waals surface area contributed by atoms with Gasteiger partial charge in [-0.25, -0.2) is 0 Å². The van der Waals surface area contributed by atoms with Crippen LogP contribution >= 0.6 is 0 Å². The molecular formula is C13H26. The number of rotatable bonds is 2.